The zero-order valence-electron chi connectivity index (χ0n) is 12.9. The largest absolute Gasteiger partial charge is 0.449 e. The Bertz CT molecular complexity index is 795. The van der Waals surface area contributed by atoms with Crippen molar-refractivity contribution in [2.75, 3.05) is 5.32 Å². The molecule has 7 heteroatoms. The van der Waals surface area contributed by atoms with E-state index in [0.717, 1.165) is 12.1 Å². The molecule has 2 aromatic rings. The van der Waals surface area contributed by atoms with Gasteiger partial charge in [-0.15, -0.1) is 0 Å². The topological polar surface area (TPSA) is 55.4 Å². The van der Waals surface area contributed by atoms with Gasteiger partial charge in [-0.25, -0.2) is 9.18 Å². The van der Waals surface area contributed by atoms with Gasteiger partial charge < -0.3 is 10.1 Å². The van der Waals surface area contributed by atoms with Crippen LogP contribution < -0.4 is 5.32 Å². The number of hydrogen-bond donors (Lipinski definition) is 1. The molecule has 24 heavy (non-hydrogen) atoms. The molecule has 0 aliphatic carbocycles. The molecule has 0 heterocycles. The molecule has 1 amide bonds. The highest BCUT2D eigenvalue weighted by Gasteiger charge is 2.22. The molecule has 0 aromatic heterocycles. The summed E-state index contributed by atoms with van der Waals surface area (Å²) in [6.07, 6.45) is -1.13. The number of carbonyl (C=O) groups is 2. The van der Waals surface area contributed by atoms with Crippen molar-refractivity contribution in [3.05, 3.63) is 63.4 Å². The molecule has 0 unspecified atom stereocenters. The van der Waals surface area contributed by atoms with Crippen LogP contribution in [0.15, 0.2) is 36.4 Å². The van der Waals surface area contributed by atoms with Gasteiger partial charge in [-0.05, 0) is 49.7 Å². The first-order valence-electron chi connectivity index (χ1n) is 7.01. The van der Waals surface area contributed by atoms with Crippen LogP contribution >= 0.6 is 23.2 Å². The molecule has 0 aliphatic heterocycles. The van der Waals surface area contributed by atoms with Crippen molar-refractivity contribution in [1.29, 1.82) is 0 Å². The van der Waals surface area contributed by atoms with Crippen LogP contribution in [0.1, 0.15) is 22.8 Å². The molecular formula is C17H14Cl2FNO3. The molecule has 0 radical (unpaired) electrons. The molecule has 0 fully saturated rings. The molecule has 2 aromatic carbocycles. The van der Waals surface area contributed by atoms with Crippen LogP contribution in [0, 0.1) is 12.7 Å². The third kappa shape index (κ3) is 4.24. The minimum absolute atomic E-state index is 0.190. The second-order valence-corrected chi connectivity index (χ2v) is 5.92. The van der Waals surface area contributed by atoms with Crippen LogP contribution in [0.25, 0.3) is 0 Å². The Balaban J connectivity index is 2.07. The van der Waals surface area contributed by atoms with Gasteiger partial charge in [-0.1, -0.05) is 29.3 Å². The molecule has 0 saturated carbocycles. The third-order valence-corrected chi connectivity index (χ3v) is 3.97. The van der Waals surface area contributed by atoms with E-state index in [4.69, 9.17) is 27.9 Å². The van der Waals surface area contributed by atoms with Crippen LogP contribution in [0.3, 0.4) is 0 Å². The Morgan fingerprint density at radius 2 is 1.92 bits per heavy atom. The zero-order valence-corrected chi connectivity index (χ0v) is 14.4. The van der Waals surface area contributed by atoms with Gasteiger partial charge in [0.1, 0.15) is 5.82 Å². The molecule has 1 atom stereocenters. The predicted octanol–water partition coefficient (Wildman–Crippen LogP) is 4.62. The summed E-state index contributed by atoms with van der Waals surface area (Å²) in [5.41, 5.74) is 0.859. The highest BCUT2D eigenvalue weighted by Crippen LogP contribution is 2.23. The van der Waals surface area contributed by atoms with E-state index < -0.39 is 23.8 Å². The van der Waals surface area contributed by atoms with Crippen molar-refractivity contribution >= 4 is 40.8 Å². The first-order chi connectivity index (χ1) is 11.3. The van der Waals surface area contributed by atoms with E-state index in [1.54, 1.807) is 25.1 Å². The number of ether oxygens (including phenoxy) is 1. The average Bonchev–Trinajstić information content (AvgIpc) is 2.53. The number of anilines is 1. The van der Waals surface area contributed by atoms with Gasteiger partial charge in [0.15, 0.2) is 6.10 Å². The number of esters is 1. The Kier molecular flexibility index (Phi) is 5.80. The monoisotopic (exact) mass is 369 g/mol. The van der Waals surface area contributed by atoms with Crippen LogP contribution in [0.5, 0.6) is 0 Å². The standard InChI is InChI=1S/C17H14Cl2FNO3/c1-9-13(19)4-3-5-15(9)21-16(22)10(2)24-17(23)12-8-11(18)6-7-14(12)20/h3-8,10H,1-2H3,(H,21,22)/t10-/m1/s1. The fraction of sp³-hybridized carbons (Fsp3) is 0.176. The summed E-state index contributed by atoms with van der Waals surface area (Å²) in [5, 5.41) is 3.30. The maximum absolute atomic E-state index is 13.6. The highest BCUT2D eigenvalue weighted by molar-refractivity contribution is 6.32. The molecular weight excluding hydrogens is 356 g/mol. The Morgan fingerprint density at radius 1 is 1.21 bits per heavy atom. The smallest absolute Gasteiger partial charge is 0.341 e. The van der Waals surface area contributed by atoms with Crippen molar-refractivity contribution in [2.45, 2.75) is 20.0 Å². The van der Waals surface area contributed by atoms with Crippen molar-refractivity contribution in [3.8, 4) is 0 Å². The van der Waals surface area contributed by atoms with Gasteiger partial charge in [0, 0.05) is 15.7 Å². The number of nitrogens with one attached hydrogen (secondary N) is 1. The maximum Gasteiger partial charge on any atom is 0.341 e. The lowest BCUT2D eigenvalue weighted by molar-refractivity contribution is -0.123. The van der Waals surface area contributed by atoms with E-state index in [1.807, 2.05) is 0 Å². The Labute approximate surface area is 148 Å². The average molecular weight is 370 g/mol. The van der Waals surface area contributed by atoms with Crippen LogP contribution in [-0.4, -0.2) is 18.0 Å². The summed E-state index contributed by atoms with van der Waals surface area (Å²) >= 11 is 11.7. The number of benzene rings is 2. The fourth-order valence-electron chi connectivity index (χ4n) is 1.91. The minimum Gasteiger partial charge on any atom is -0.449 e. The van der Waals surface area contributed by atoms with Gasteiger partial charge in [0.2, 0.25) is 0 Å². The lowest BCUT2D eigenvalue weighted by atomic mass is 10.2. The highest BCUT2D eigenvalue weighted by atomic mass is 35.5. The van der Waals surface area contributed by atoms with E-state index in [-0.39, 0.29) is 10.6 Å². The van der Waals surface area contributed by atoms with Gasteiger partial charge in [0.05, 0.1) is 5.56 Å². The first-order valence-corrected chi connectivity index (χ1v) is 7.77. The Hall–Kier alpha value is -2.11. The lowest BCUT2D eigenvalue weighted by Gasteiger charge is -2.15. The van der Waals surface area contributed by atoms with Crippen LogP contribution in [0.2, 0.25) is 10.0 Å². The van der Waals surface area contributed by atoms with E-state index >= 15 is 0 Å². The fourth-order valence-corrected chi connectivity index (χ4v) is 2.26. The maximum atomic E-state index is 13.6. The van der Waals surface area contributed by atoms with E-state index in [0.29, 0.717) is 16.3 Å². The van der Waals surface area contributed by atoms with E-state index in [2.05, 4.69) is 5.32 Å². The summed E-state index contributed by atoms with van der Waals surface area (Å²) in [6, 6.07) is 8.56. The molecule has 4 nitrogen and oxygen atoms in total. The number of rotatable bonds is 4. The second-order valence-electron chi connectivity index (χ2n) is 5.07. The predicted molar refractivity (Wildman–Crippen MR) is 91.1 cm³/mol. The van der Waals surface area contributed by atoms with Crippen molar-refractivity contribution in [2.24, 2.45) is 0 Å². The van der Waals surface area contributed by atoms with E-state index in [1.165, 1.54) is 13.0 Å². The summed E-state index contributed by atoms with van der Waals surface area (Å²) in [7, 11) is 0. The molecule has 2 rings (SSSR count). The van der Waals surface area contributed by atoms with Crippen LogP contribution in [0.4, 0.5) is 10.1 Å². The zero-order chi connectivity index (χ0) is 17.9. The molecule has 0 saturated heterocycles. The molecule has 1 N–H and O–H groups in total. The summed E-state index contributed by atoms with van der Waals surface area (Å²) < 4.78 is 18.6. The quantitative estimate of drug-likeness (QED) is 0.799. The Morgan fingerprint density at radius 3 is 2.62 bits per heavy atom. The summed E-state index contributed by atoms with van der Waals surface area (Å²) in [6.45, 7) is 3.13. The van der Waals surface area contributed by atoms with Crippen molar-refractivity contribution in [1.82, 2.24) is 0 Å². The number of amides is 1. The molecule has 0 spiro atoms. The summed E-state index contributed by atoms with van der Waals surface area (Å²) in [5.74, 6) is -2.31. The van der Waals surface area contributed by atoms with Gasteiger partial charge in [-0.2, -0.15) is 0 Å². The first kappa shape index (κ1) is 18.2. The molecule has 0 aliphatic rings. The SMILES string of the molecule is Cc1c(Cl)cccc1NC(=O)[C@@H](C)OC(=O)c1cc(Cl)ccc1F. The van der Waals surface area contributed by atoms with Crippen LogP contribution in [-0.2, 0) is 9.53 Å². The van der Waals surface area contributed by atoms with Gasteiger partial charge >= 0.3 is 5.97 Å². The molecule has 0 bridgehead atoms. The van der Waals surface area contributed by atoms with Gasteiger partial charge in [0.25, 0.3) is 5.91 Å². The third-order valence-electron chi connectivity index (χ3n) is 3.33. The van der Waals surface area contributed by atoms with Crippen molar-refractivity contribution in [3.63, 3.8) is 0 Å². The number of halogens is 3. The van der Waals surface area contributed by atoms with E-state index in [9.17, 15) is 14.0 Å². The lowest BCUT2D eigenvalue weighted by Crippen LogP contribution is -2.30. The summed E-state index contributed by atoms with van der Waals surface area (Å²) in [4.78, 5) is 24.1. The van der Waals surface area contributed by atoms with Crippen molar-refractivity contribution < 1.29 is 18.7 Å². The number of hydrogen-bond acceptors (Lipinski definition) is 3. The number of carbonyl (C=O) groups excluding carboxylic acids is 2. The molecule has 126 valence electrons. The minimum atomic E-state index is -1.13. The van der Waals surface area contributed by atoms with Gasteiger partial charge in [-0.3, -0.25) is 4.79 Å². The normalized spacial score (nSPS) is 11.7. The second kappa shape index (κ2) is 7.64.